The maximum atomic E-state index is 13.3. The van der Waals surface area contributed by atoms with Gasteiger partial charge in [0, 0.05) is 12.7 Å². The molecule has 0 aromatic heterocycles. The first-order valence-electron chi connectivity index (χ1n) is 6.13. The number of halogens is 5. The van der Waals surface area contributed by atoms with E-state index in [9.17, 15) is 22.0 Å². The molecule has 0 fully saturated rings. The number of benzene rings is 1. The first kappa shape index (κ1) is 17.8. The molecule has 2 nitrogen and oxygen atoms in total. The van der Waals surface area contributed by atoms with Crippen LogP contribution >= 0.6 is 0 Å². The van der Waals surface area contributed by atoms with Gasteiger partial charge in [-0.15, -0.1) is 6.58 Å². The van der Waals surface area contributed by atoms with Gasteiger partial charge in [0.1, 0.15) is 0 Å². The van der Waals surface area contributed by atoms with Crippen LogP contribution in [0.4, 0.5) is 22.0 Å². The summed E-state index contributed by atoms with van der Waals surface area (Å²) in [6, 6.07) is 7.26. The summed E-state index contributed by atoms with van der Waals surface area (Å²) < 4.78 is 73.4. The van der Waals surface area contributed by atoms with E-state index >= 15 is 0 Å². The third-order valence-electron chi connectivity index (χ3n) is 2.63. The Labute approximate surface area is 120 Å². The highest BCUT2D eigenvalue weighted by Gasteiger charge is 2.64. The Bertz CT molecular complexity index is 463. The first-order valence-corrected chi connectivity index (χ1v) is 8.16. The third kappa shape index (κ3) is 4.11. The van der Waals surface area contributed by atoms with Crippen molar-refractivity contribution in [2.75, 3.05) is 6.61 Å². The summed E-state index contributed by atoms with van der Waals surface area (Å²) in [5.41, 5.74) is 0. The quantitative estimate of drug-likeness (QED) is 0.432. The smallest absolute Gasteiger partial charge is 0.391 e. The normalized spacial score (nSPS) is 15.5. The molecule has 0 amide bonds. The Kier molecular flexibility index (Phi) is 5.65. The van der Waals surface area contributed by atoms with Crippen LogP contribution in [0.3, 0.4) is 0 Å². The minimum absolute atomic E-state index is 0.0527. The zero-order chi connectivity index (χ0) is 16.1. The predicted molar refractivity (Wildman–Crippen MR) is 70.5 cm³/mol. The zero-order valence-electron chi connectivity index (χ0n) is 11.3. The van der Waals surface area contributed by atoms with Crippen LogP contribution in [0.25, 0.3) is 0 Å². The Hall–Kier alpha value is -1.25. The molecule has 0 saturated carbocycles. The highest BCUT2D eigenvalue weighted by atomic mass is 28.4. The van der Waals surface area contributed by atoms with E-state index in [0.717, 1.165) is 0 Å². The highest BCUT2D eigenvalue weighted by molar-refractivity contribution is 6.81. The van der Waals surface area contributed by atoms with Crippen molar-refractivity contribution < 1.29 is 30.8 Å². The number of hydrogen-bond acceptors (Lipinski definition) is 2. The van der Waals surface area contributed by atoms with Gasteiger partial charge in [-0.2, -0.15) is 22.0 Å². The Balaban J connectivity index is 3.28. The molecule has 0 spiro atoms. The van der Waals surface area contributed by atoms with Crippen molar-refractivity contribution in [2.45, 2.75) is 25.3 Å². The van der Waals surface area contributed by atoms with Gasteiger partial charge in [0.2, 0.25) is 0 Å². The lowest BCUT2D eigenvalue weighted by molar-refractivity contribution is -0.367. The molecular weight excluding hydrogens is 311 g/mol. The van der Waals surface area contributed by atoms with E-state index in [4.69, 9.17) is 4.43 Å². The van der Waals surface area contributed by atoms with Crippen molar-refractivity contribution >= 4 is 13.7 Å². The summed E-state index contributed by atoms with van der Waals surface area (Å²) in [6.45, 7) is 4.84. The number of alkyl halides is 5. The van der Waals surface area contributed by atoms with E-state index in [-0.39, 0.29) is 17.8 Å². The molecule has 0 aliphatic heterocycles. The van der Waals surface area contributed by atoms with Gasteiger partial charge in [0.15, 0.2) is 0 Å². The van der Waals surface area contributed by atoms with Crippen molar-refractivity contribution in [3.63, 3.8) is 0 Å². The molecule has 0 bridgehead atoms. The molecule has 0 aliphatic carbocycles. The second-order valence-corrected chi connectivity index (χ2v) is 7.15. The number of hydrogen-bond donors (Lipinski definition) is 0. The van der Waals surface area contributed by atoms with Crippen LogP contribution in [0.1, 0.15) is 6.92 Å². The molecule has 118 valence electrons. The number of rotatable bonds is 7. The van der Waals surface area contributed by atoms with Crippen LogP contribution < -0.4 is 5.19 Å². The molecule has 1 rings (SSSR count). The summed E-state index contributed by atoms with van der Waals surface area (Å²) in [7, 11) is -4.00. The van der Waals surface area contributed by atoms with Gasteiger partial charge in [-0.1, -0.05) is 36.4 Å². The van der Waals surface area contributed by atoms with Gasteiger partial charge in [-0.25, -0.2) is 0 Å². The molecule has 1 atom stereocenters. The van der Waals surface area contributed by atoms with Crippen LogP contribution in [-0.2, 0) is 8.85 Å². The minimum Gasteiger partial charge on any atom is -0.391 e. The molecule has 0 heterocycles. The van der Waals surface area contributed by atoms with E-state index in [1.165, 1.54) is 37.3 Å². The zero-order valence-corrected chi connectivity index (χ0v) is 12.3. The summed E-state index contributed by atoms with van der Waals surface area (Å²) in [4.78, 5) is 0. The second kappa shape index (κ2) is 6.67. The molecular formula is C13H15F5O2Si. The molecule has 1 aromatic carbocycles. The van der Waals surface area contributed by atoms with Crippen LogP contribution in [0, 0.1) is 0 Å². The van der Waals surface area contributed by atoms with Crippen molar-refractivity contribution in [3.8, 4) is 0 Å². The third-order valence-corrected chi connectivity index (χ3v) is 6.01. The Morgan fingerprint density at radius 1 is 1.14 bits per heavy atom. The summed E-state index contributed by atoms with van der Waals surface area (Å²) in [5, 5.41) is 0.190. The van der Waals surface area contributed by atoms with E-state index in [0.29, 0.717) is 0 Å². The minimum atomic E-state index is -5.81. The van der Waals surface area contributed by atoms with Gasteiger partial charge in [-0.05, 0) is 12.1 Å². The first-order chi connectivity index (χ1) is 9.68. The fourth-order valence-corrected chi connectivity index (χ4v) is 4.63. The predicted octanol–water partition coefficient (Wildman–Crippen LogP) is 3.73. The lowest BCUT2D eigenvalue weighted by atomic mass is 10.4. The molecule has 21 heavy (non-hydrogen) atoms. The van der Waals surface area contributed by atoms with E-state index in [1.54, 1.807) is 6.07 Å². The fraction of sp³-hybridized carbons (Fsp3) is 0.385. The Morgan fingerprint density at radius 3 is 2.14 bits per heavy atom. The van der Waals surface area contributed by atoms with Crippen molar-refractivity contribution in [3.05, 3.63) is 43.0 Å². The molecule has 1 aromatic rings. The molecule has 0 N–H and O–H groups in total. The van der Waals surface area contributed by atoms with Gasteiger partial charge in [-0.3, -0.25) is 0 Å². The summed E-state index contributed by atoms with van der Waals surface area (Å²) >= 11 is 0. The fourth-order valence-electron chi connectivity index (χ4n) is 1.77. The largest absolute Gasteiger partial charge is 0.481 e. The van der Waals surface area contributed by atoms with E-state index in [2.05, 4.69) is 11.0 Å². The van der Waals surface area contributed by atoms with Crippen LogP contribution in [-0.4, -0.2) is 27.5 Å². The van der Waals surface area contributed by atoms with Gasteiger partial charge >= 0.3 is 20.8 Å². The second-order valence-electron chi connectivity index (χ2n) is 4.16. The van der Waals surface area contributed by atoms with Crippen LogP contribution in [0.2, 0.25) is 6.04 Å². The van der Waals surface area contributed by atoms with Gasteiger partial charge in [0.25, 0.3) is 0 Å². The van der Waals surface area contributed by atoms with Gasteiger partial charge in [0.05, 0.1) is 0 Å². The van der Waals surface area contributed by atoms with Crippen LogP contribution in [0.15, 0.2) is 43.0 Å². The van der Waals surface area contributed by atoms with E-state index < -0.39 is 20.8 Å². The lowest BCUT2D eigenvalue weighted by Gasteiger charge is -2.34. The summed E-state index contributed by atoms with van der Waals surface area (Å²) in [6.07, 6.45) is -9.87. The topological polar surface area (TPSA) is 18.5 Å². The lowest BCUT2D eigenvalue weighted by Crippen LogP contribution is -2.59. The number of allylic oxidation sites excluding steroid dienone is 1. The van der Waals surface area contributed by atoms with Crippen molar-refractivity contribution in [1.29, 1.82) is 0 Å². The molecule has 0 saturated heterocycles. The maximum absolute atomic E-state index is 13.3. The molecule has 0 radical (unpaired) electrons. The Morgan fingerprint density at radius 2 is 1.71 bits per heavy atom. The average Bonchev–Trinajstić information content (AvgIpc) is 2.38. The monoisotopic (exact) mass is 326 g/mol. The SMILES string of the molecule is C=CC[Si](OCC)(OC(F)(F)C(F)(F)F)c1ccccc1. The standard InChI is InChI=1S/C13H15F5O2Si/c1-3-10-21(19-4-2,11-8-6-5-7-9-11)20-13(17,18)12(14,15)16/h3,5-9H,1,4,10H2,2H3. The summed E-state index contributed by atoms with van der Waals surface area (Å²) in [5.74, 6) is 0. The highest BCUT2D eigenvalue weighted by Crippen LogP contribution is 2.39. The van der Waals surface area contributed by atoms with Crippen molar-refractivity contribution in [2.24, 2.45) is 0 Å². The average molecular weight is 326 g/mol. The van der Waals surface area contributed by atoms with E-state index in [1.807, 2.05) is 0 Å². The van der Waals surface area contributed by atoms with Gasteiger partial charge < -0.3 is 8.85 Å². The van der Waals surface area contributed by atoms with Crippen LogP contribution in [0.5, 0.6) is 0 Å². The van der Waals surface area contributed by atoms with Crippen molar-refractivity contribution in [1.82, 2.24) is 0 Å². The molecule has 1 unspecified atom stereocenters. The molecule has 0 aliphatic rings. The molecule has 8 heteroatoms. The maximum Gasteiger partial charge on any atom is 0.481 e.